The van der Waals surface area contributed by atoms with Gasteiger partial charge in [-0.05, 0) is 25.1 Å². The molecule has 2 rings (SSSR count). The average Bonchev–Trinajstić information content (AvgIpc) is 2.46. The average molecular weight is 273 g/mol. The molecule has 1 aromatic heterocycles. The van der Waals surface area contributed by atoms with Crippen molar-refractivity contribution in [2.24, 2.45) is 5.16 Å². The topological polar surface area (TPSA) is 74.6 Å². The van der Waals surface area contributed by atoms with Crippen LogP contribution >= 0.6 is 0 Å². The summed E-state index contributed by atoms with van der Waals surface area (Å²) in [6, 6.07) is 7.89. The summed E-state index contributed by atoms with van der Waals surface area (Å²) in [6.45, 7) is 1.64. The fourth-order valence-electron chi connectivity index (χ4n) is 1.62. The zero-order chi connectivity index (χ0) is 14.5. The number of halogens is 1. The van der Waals surface area contributed by atoms with Crippen LogP contribution in [0.3, 0.4) is 0 Å². The minimum absolute atomic E-state index is 0.128. The van der Waals surface area contributed by atoms with Gasteiger partial charge in [0, 0.05) is 17.4 Å². The van der Waals surface area contributed by atoms with Crippen LogP contribution in [0.4, 0.5) is 10.1 Å². The lowest BCUT2D eigenvalue weighted by molar-refractivity contribution is 0.102. The first-order chi connectivity index (χ1) is 9.60. The number of benzene rings is 1. The highest BCUT2D eigenvalue weighted by Gasteiger charge is 2.08. The van der Waals surface area contributed by atoms with Crippen molar-refractivity contribution >= 4 is 17.3 Å². The van der Waals surface area contributed by atoms with E-state index in [0.717, 1.165) is 12.3 Å². The Hall–Kier alpha value is -2.76. The maximum absolute atomic E-state index is 13.0. The quantitative estimate of drug-likeness (QED) is 0.513. The number of nitrogens with zero attached hydrogens (tertiary/aromatic N) is 2. The predicted octanol–water partition coefficient (Wildman–Crippen LogP) is 2.67. The minimum atomic E-state index is -0.574. The number of rotatable bonds is 3. The molecule has 0 unspecified atom stereocenters. The molecular formula is C14H12FN3O2. The van der Waals surface area contributed by atoms with Crippen molar-refractivity contribution in [1.82, 2.24) is 4.98 Å². The summed E-state index contributed by atoms with van der Waals surface area (Å²) in [4.78, 5) is 15.5. The van der Waals surface area contributed by atoms with E-state index in [1.807, 2.05) is 0 Å². The standard InChI is InChI=1S/C14H12FN3O2/c1-9(18-20)10-3-2-4-13(6-10)17-14(19)11-5-12(15)8-16-7-11/h2-8,20H,1H3,(H,17,19)/b18-9-. The molecule has 0 spiro atoms. The number of carbonyl (C=O) groups is 1. The number of aromatic nitrogens is 1. The second kappa shape index (κ2) is 5.92. The molecule has 0 aliphatic carbocycles. The molecule has 1 aromatic carbocycles. The van der Waals surface area contributed by atoms with Gasteiger partial charge < -0.3 is 10.5 Å². The predicted molar refractivity (Wildman–Crippen MR) is 72.6 cm³/mol. The van der Waals surface area contributed by atoms with Gasteiger partial charge in [0.2, 0.25) is 0 Å². The summed E-state index contributed by atoms with van der Waals surface area (Å²) in [5, 5.41) is 14.4. The van der Waals surface area contributed by atoms with Crippen LogP contribution in [0.5, 0.6) is 0 Å². The Bertz CT molecular complexity index is 671. The van der Waals surface area contributed by atoms with E-state index in [0.29, 0.717) is 17.0 Å². The Morgan fingerprint density at radius 1 is 1.30 bits per heavy atom. The van der Waals surface area contributed by atoms with Crippen LogP contribution in [0.15, 0.2) is 47.9 Å². The molecule has 0 aliphatic rings. The summed E-state index contributed by atoms with van der Waals surface area (Å²) in [6.07, 6.45) is 2.31. The lowest BCUT2D eigenvalue weighted by Gasteiger charge is -2.07. The van der Waals surface area contributed by atoms with Crippen LogP contribution in [-0.4, -0.2) is 21.8 Å². The van der Waals surface area contributed by atoms with Crippen LogP contribution in [-0.2, 0) is 0 Å². The number of oxime groups is 1. The Morgan fingerprint density at radius 2 is 2.10 bits per heavy atom. The summed E-state index contributed by atoms with van der Waals surface area (Å²) in [5.41, 5.74) is 1.74. The highest BCUT2D eigenvalue weighted by molar-refractivity contribution is 6.05. The summed E-state index contributed by atoms with van der Waals surface area (Å²) < 4.78 is 13.0. The zero-order valence-corrected chi connectivity index (χ0v) is 10.7. The van der Waals surface area contributed by atoms with E-state index in [1.165, 1.54) is 6.20 Å². The number of nitrogens with one attached hydrogen (secondary N) is 1. The fourth-order valence-corrected chi connectivity index (χ4v) is 1.62. The second-order valence-corrected chi connectivity index (χ2v) is 4.11. The highest BCUT2D eigenvalue weighted by Crippen LogP contribution is 2.13. The molecule has 1 heterocycles. The van der Waals surface area contributed by atoms with Gasteiger partial charge in [-0.1, -0.05) is 17.3 Å². The summed E-state index contributed by atoms with van der Waals surface area (Å²) in [7, 11) is 0. The maximum Gasteiger partial charge on any atom is 0.257 e. The molecule has 0 saturated heterocycles. The van der Waals surface area contributed by atoms with Gasteiger partial charge in [0.15, 0.2) is 0 Å². The Kier molecular flexibility index (Phi) is 4.05. The number of pyridine rings is 1. The van der Waals surface area contributed by atoms with Gasteiger partial charge in [-0.15, -0.1) is 0 Å². The molecule has 2 N–H and O–H groups in total. The van der Waals surface area contributed by atoms with E-state index in [9.17, 15) is 9.18 Å². The second-order valence-electron chi connectivity index (χ2n) is 4.11. The molecule has 20 heavy (non-hydrogen) atoms. The number of carbonyl (C=O) groups excluding carboxylic acids is 1. The van der Waals surface area contributed by atoms with E-state index in [1.54, 1.807) is 31.2 Å². The molecule has 0 bridgehead atoms. The SMILES string of the molecule is C/C(=N/O)c1cccc(NC(=O)c2cncc(F)c2)c1. The van der Waals surface area contributed by atoms with Crippen LogP contribution in [0.1, 0.15) is 22.8 Å². The first-order valence-electron chi connectivity index (χ1n) is 5.81. The van der Waals surface area contributed by atoms with Crippen molar-refractivity contribution in [2.75, 3.05) is 5.32 Å². The molecule has 2 aromatic rings. The molecule has 0 aliphatic heterocycles. The zero-order valence-electron chi connectivity index (χ0n) is 10.7. The molecule has 102 valence electrons. The molecule has 1 amide bonds. The molecule has 0 radical (unpaired) electrons. The van der Waals surface area contributed by atoms with Crippen molar-refractivity contribution in [1.29, 1.82) is 0 Å². The first-order valence-corrected chi connectivity index (χ1v) is 5.81. The van der Waals surface area contributed by atoms with E-state index in [-0.39, 0.29) is 5.56 Å². The van der Waals surface area contributed by atoms with Crippen LogP contribution in [0, 0.1) is 5.82 Å². The van der Waals surface area contributed by atoms with Crippen molar-refractivity contribution in [3.05, 3.63) is 59.7 Å². The van der Waals surface area contributed by atoms with E-state index < -0.39 is 11.7 Å². The van der Waals surface area contributed by atoms with Gasteiger partial charge in [0.1, 0.15) is 5.82 Å². The van der Waals surface area contributed by atoms with Crippen molar-refractivity contribution in [3.63, 3.8) is 0 Å². The maximum atomic E-state index is 13.0. The highest BCUT2D eigenvalue weighted by atomic mass is 19.1. The van der Waals surface area contributed by atoms with Gasteiger partial charge >= 0.3 is 0 Å². The molecule has 0 saturated carbocycles. The van der Waals surface area contributed by atoms with Crippen LogP contribution < -0.4 is 5.32 Å². The summed E-state index contributed by atoms with van der Waals surface area (Å²) in [5.74, 6) is -1.04. The normalized spacial score (nSPS) is 11.2. The van der Waals surface area contributed by atoms with E-state index in [2.05, 4.69) is 15.5 Å². The third-order valence-electron chi connectivity index (χ3n) is 2.66. The van der Waals surface area contributed by atoms with Gasteiger partial charge in [-0.2, -0.15) is 0 Å². The lowest BCUT2D eigenvalue weighted by Crippen LogP contribution is -2.12. The molecule has 5 nitrogen and oxygen atoms in total. The smallest absolute Gasteiger partial charge is 0.257 e. The van der Waals surface area contributed by atoms with E-state index >= 15 is 0 Å². The third-order valence-corrected chi connectivity index (χ3v) is 2.66. The molecule has 0 atom stereocenters. The van der Waals surface area contributed by atoms with Crippen LogP contribution in [0.25, 0.3) is 0 Å². The van der Waals surface area contributed by atoms with Gasteiger partial charge in [0.05, 0.1) is 17.5 Å². The van der Waals surface area contributed by atoms with Gasteiger partial charge in [0.25, 0.3) is 5.91 Å². The fraction of sp³-hybridized carbons (Fsp3) is 0.0714. The molecule has 6 heteroatoms. The lowest BCUT2D eigenvalue weighted by atomic mass is 10.1. The van der Waals surface area contributed by atoms with Crippen molar-refractivity contribution in [3.8, 4) is 0 Å². The van der Waals surface area contributed by atoms with Crippen LogP contribution in [0.2, 0.25) is 0 Å². The minimum Gasteiger partial charge on any atom is -0.411 e. The van der Waals surface area contributed by atoms with Gasteiger partial charge in [-0.3, -0.25) is 9.78 Å². The van der Waals surface area contributed by atoms with Gasteiger partial charge in [-0.25, -0.2) is 4.39 Å². The largest absolute Gasteiger partial charge is 0.411 e. The monoisotopic (exact) mass is 273 g/mol. The first kappa shape index (κ1) is 13.7. The number of hydrogen-bond acceptors (Lipinski definition) is 4. The third kappa shape index (κ3) is 3.17. The van der Waals surface area contributed by atoms with E-state index in [4.69, 9.17) is 5.21 Å². The van der Waals surface area contributed by atoms with Crippen molar-refractivity contribution in [2.45, 2.75) is 6.92 Å². The summed E-state index contributed by atoms with van der Waals surface area (Å²) >= 11 is 0. The Balaban J connectivity index is 2.20. The number of anilines is 1. The molecular weight excluding hydrogens is 261 g/mol. The Morgan fingerprint density at radius 3 is 2.80 bits per heavy atom. The van der Waals surface area contributed by atoms with Crippen molar-refractivity contribution < 1.29 is 14.4 Å². The molecule has 0 fully saturated rings. The Labute approximate surface area is 114 Å². The number of amides is 1. The number of hydrogen-bond donors (Lipinski definition) is 2.